The quantitative estimate of drug-likeness (QED) is 0.140. The van der Waals surface area contributed by atoms with E-state index in [0.717, 1.165) is 12.8 Å². The summed E-state index contributed by atoms with van der Waals surface area (Å²) >= 11 is 0. The van der Waals surface area contributed by atoms with Crippen LogP contribution in [0.4, 0.5) is 4.79 Å². The van der Waals surface area contributed by atoms with Gasteiger partial charge in [0.15, 0.2) is 0 Å². The van der Waals surface area contributed by atoms with E-state index in [1.807, 2.05) is 41.5 Å². The van der Waals surface area contributed by atoms with Gasteiger partial charge in [0.2, 0.25) is 17.6 Å². The minimum Gasteiger partial charge on any atom is -0.346 e. The van der Waals surface area contributed by atoms with Crippen molar-refractivity contribution in [2.45, 2.75) is 98.8 Å². The molecule has 5 N–H and O–H groups in total. The van der Waals surface area contributed by atoms with Crippen molar-refractivity contribution in [3.63, 3.8) is 0 Å². The van der Waals surface area contributed by atoms with Crippen LogP contribution in [0.25, 0.3) is 0 Å². The van der Waals surface area contributed by atoms with E-state index in [2.05, 4.69) is 46.4 Å². The summed E-state index contributed by atoms with van der Waals surface area (Å²) in [5.41, 5.74) is -1.48. The van der Waals surface area contributed by atoms with Gasteiger partial charge in [-0.3, -0.25) is 19.2 Å². The van der Waals surface area contributed by atoms with Crippen LogP contribution in [0.3, 0.4) is 0 Å². The predicted octanol–water partition coefficient (Wildman–Crippen LogP) is 0.904. The second-order valence-electron chi connectivity index (χ2n) is 16.6. The number of nitrogens with one attached hydrogen (secondary N) is 5. The van der Waals surface area contributed by atoms with Crippen LogP contribution in [0.15, 0.2) is 12.7 Å². The molecular formula is C33H55N7O7S. The molecule has 4 rings (SSSR count). The third-order valence-corrected chi connectivity index (χ3v) is 12.0. The summed E-state index contributed by atoms with van der Waals surface area (Å²) in [5, 5.41) is 11.1. The maximum Gasteiger partial charge on any atom is 0.315 e. The molecule has 6 atom stereocenters. The van der Waals surface area contributed by atoms with E-state index in [0.29, 0.717) is 13.0 Å². The molecular weight excluding hydrogens is 638 g/mol. The van der Waals surface area contributed by atoms with Crippen LogP contribution < -0.4 is 26.0 Å². The second-order valence-corrected chi connectivity index (χ2v) is 18.3. The van der Waals surface area contributed by atoms with E-state index in [4.69, 9.17) is 0 Å². The fourth-order valence-electron chi connectivity index (χ4n) is 6.98. The highest BCUT2D eigenvalue weighted by atomic mass is 32.2. The Bertz CT molecular complexity index is 1410. The molecule has 2 saturated heterocycles. The van der Waals surface area contributed by atoms with Crippen molar-refractivity contribution in [3.05, 3.63) is 12.7 Å². The van der Waals surface area contributed by atoms with E-state index >= 15 is 0 Å². The first kappa shape index (κ1) is 37.8. The van der Waals surface area contributed by atoms with Crippen molar-refractivity contribution >= 4 is 39.7 Å². The number of Topliss-reactive ketones (excluding diaryl/α,β-unsaturated/α-hetero) is 1. The van der Waals surface area contributed by atoms with Crippen LogP contribution in [0.5, 0.6) is 0 Å². The van der Waals surface area contributed by atoms with Gasteiger partial charge in [0.05, 0.1) is 6.04 Å². The fourth-order valence-corrected chi connectivity index (χ4v) is 8.19. The van der Waals surface area contributed by atoms with E-state index in [1.165, 1.54) is 15.3 Å². The molecule has 5 amide bonds. The van der Waals surface area contributed by atoms with Gasteiger partial charge < -0.3 is 26.2 Å². The zero-order valence-corrected chi connectivity index (χ0v) is 30.5. The molecule has 2 aliphatic heterocycles. The molecule has 14 nitrogen and oxygen atoms in total. The number of hydrogen-bond donors (Lipinski definition) is 5. The number of nitrogens with zero attached hydrogens (tertiary/aromatic N) is 2. The first-order valence-corrected chi connectivity index (χ1v) is 18.4. The van der Waals surface area contributed by atoms with Gasteiger partial charge in [0.1, 0.15) is 12.1 Å². The molecule has 48 heavy (non-hydrogen) atoms. The minimum atomic E-state index is -3.64. The Morgan fingerprint density at radius 2 is 1.65 bits per heavy atom. The number of hydrogen-bond acceptors (Lipinski definition) is 7. The largest absolute Gasteiger partial charge is 0.346 e. The van der Waals surface area contributed by atoms with E-state index in [1.54, 1.807) is 0 Å². The van der Waals surface area contributed by atoms with Crippen molar-refractivity contribution in [1.82, 2.24) is 35.2 Å². The highest BCUT2D eigenvalue weighted by molar-refractivity contribution is 7.87. The van der Waals surface area contributed by atoms with Gasteiger partial charge in [-0.05, 0) is 40.4 Å². The van der Waals surface area contributed by atoms with Crippen molar-refractivity contribution in [2.75, 3.05) is 32.7 Å². The Labute approximate surface area is 285 Å². The number of amides is 5. The summed E-state index contributed by atoms with van der Waals surface area (Å²) in [6, 6.07) is -4.13. The smallest absolute Gasteiger partial charge is 0.315 e. The van der Waals surface area contributed by atoms with Gasteiger partial charge in [-0.15, -0.1) is 6.58 Å². The van der Waals surface area contributed by atoms with E-state index < -0.39 is 74.7 Å². The molecule has 2 heterocycles. The van der Waals surface area contributed by atoms with Crippen LogP contribution in [-0.4, -0.2) is 104 Å². The molecule has 2 saturated carbocycles. The van der Waals surface area contributed by atoms with Crippen LogP contribution in [0, 0.1) is 34.0 Å². The van der Waals surface area contributed by atoms with Crippen LogP contribution in [-0.2, 0) is 29.4 Å². The normalized spacial score (nSPS) is 26.4. The van der Waals surface area contributed by atoms with Crippen LogP contribution in [0.2, 0.25) is 0 Å². The molecule has 270 valence electrons. The average Bonchev–Trinajstić information content (AvgIpc) is 3.76. The third-order valence-electron chi connectivity index (χ3n) is 10.4. The summed E-state index contributed by atoms with van der Waals surface area (Å²) in [7, 11) is -3.64. The number of likely N-dealkylation sites (tertiary alicyclic amines) is 1. The average molecular weight is 694 g/mol. The van der Waals surface area contributed by atoms with E-state index in [9.17, 15) is 32.4 Å². The molecule has 0 aromatic rings. The monoisotopic (exact) mass is 693 g/mol. The number of piperidine rings is 1. The number of ketones is 1. The topological polar surface area (TPSA) is 186 Å². The lowest BCUT2D eigenvalue weighted by atomic mass is 9.85. The van der Waals surface area contributed by atoms with Gasteiger partial charge in [0.25, 0.3) is 16.1 Å². The third kappa shape index (κ3) is 8.39. The summed E-state index contributed by atoms with van der Waals surface area (Å²) in [4.78, 5) is 69.1. The zero-order chi connectivity index (χ0) is 36.0. The molecule has 0 bridgehead atoms. The second kappa shape index (κ2) is 13.7. The Morgan fingerprint density at radius 1 is 1.00 bits per heavy atom. The number of carbonyl (C=O) groups is 5. The van der Waals surface area contributed by atoms with Crippen molar-refractivity contribution in [1.29, 1.82) is 0 Å². The number of fused-ring (bicyclic) bond motifs is 1. The molecule has 4 fully saturated rings. The number of rotatable bonds is 13. The molecule has 0 radical (unpaired) electrons. The highest BCUT2D eigenvalue weighted by Gasteiger charge is 2.70. The summed E-state index contributed by atoms with van der Waals surface area (Å²) in [5.74, 6) is -2.28. The highest BCUT2D eigenvalue weighted by Crippen LogP contribution is 2.65. The first-order chi connectivity index (χ1) is 22.1. The standard InChI is InChI=1S/C33H55N7O7S/c1-10-13-34-28(43)25(41)21(16-19-11-12-19)36-27(42)24-23-20(33(23,8)9)17-40(24)29(44)26(32(5,6)7)38-30(45)37-22(31(2,3)4)18-39-15-14-35-48(39,46)47/h10,19-24,26,35H,1,11-18H2,2-9H3,(H,34,43)(H,36,42)(H2,37,38,45)/t20-,21?,22+,23-,24-,26+/m0/s1. The predicted molar refractivity (Wildman–Crippen MR) is 180 cm³/mol. The Hall–Kier alpha value is -3.04. The number of urea groups is 1. The van der Waals surface area contributed by atoms with Crippen molar-refractivity contribution in [2.24, 2.45) is 34.0 Å². The van der Waals surface area contributed by atoms with Crippen molar-refractivity contribution < 1.29 is 32.4 Å². The molecule has 0 spiro atoms. The molecule has 2 aliphatic carbocycles. The van der Waals surface area contributed by atoms with Gasteiger partial charge in [-0.2, -0.15) is 12.7 Å². The van der Waals surface area contributed by atoms with Gasteiger partial charge in [-0.25, -0.2) is 9.52 Å². The fraction of sp³-hybridized carbons (Fsp3) is 0.788. The summed E-state index contributed by atoms with van der Waals surface area (Å²) < 4.78 is 28.6. The minimum absolute atomic E-state index is 0.0551. The SMILES string of the molecule is C=CCNC(=O)C(=O)C(CC1CC1)NC(=O)[C@@H]1[C@@H]2[C@H](CN1C(=O)[C@@H](NC(=O)N[C@H](CN1CCNS1(=O)=O)C(C)(C)C)C(C)(C)C)C2(C)C. The number of carbonyl (C=O) groups excluding carboxylic acids is 5. The molecule has 1 unspecified atom stereocenters. The van der Waals surface area contributed by atoms with Gasteiger partial charge in [0, 0.05) is 38.8 Å². The first-order valence-electron chi connectivity index (χ1n) is 16.9. The molecule has 4 aliphatic rings. The Kier molecular flexibility index (Phi) is 10.8. The Balaban J connectivity index is 1.52. The lowest BCUT2D eigenvalue weighted by molar-refractivity contribution is -0.145. The molecule has 15 heteroatoms. The zero-order valence-electron chi connectivity index (χ0n) is 29.6. The molecule has 0 aromatic carbocycles. The summed E-state index contributed by atoms with van der Waals surface area (Å²) in [6.07, 6.45) is 3.65. The maximum atomic E-state index is 14.4. The Morgan fingerprint density at radius 3 is 2.17 bits per heavy atom. The molecule has 0 aromatic heterocycles. The maximum absolute atomic E-state index is 14.4. The summed E-state index contributed by atoms with van der Waals surface area (Å²) in [6.45, 7) is 19.9. The van der Waals surface area contributed by atoms with Gasteiger partial charge >= 0.3 is 6.03 Å². The van der Waals surface area contributed by atoms with E-state index in [-0.39, 0.29) is 49.3 Å². The van der Waals surface area contributed by atoms with Crippen LogP contribution >= 0.6 is 0 Å². The lowest BCUT2D eigenvalue weighted by Crippen LogP contribution is -2.62. The van der Waals surface area contributed by atoms with Gasteiger partial charge in [-0.1, -0.05) is 74.3 Å². The van der Waals surface area contributed by atoms with Crippen molar-refractivity contribution in [3.8, 4) is 0 Å². The lowest BCUT2D eigenvalue weighted by Gasteiger charge is -2.39. The van der Waals surface area contributed by atoms with Crippen LogP contribution in [0.1, 0.15) is 74.7 Å².